The van der Waals surface area contributed by atoms with Crippen LogP contribution in [0.15, 0.2) is 36.7 Å². The van der Waals surface area contributed by atoms with Crippen LogP contribution in [0.2, 0.25) is 0 Å². The van der Waals surface area contributed by atoms with Gasteiger partial charge in [0.05, 0.1) is 23.6 Å². The lowest BCUT2D eigenvalue weighted by atomic mass is 9.48. The number of aromatic hydroxyl groups is 1. The molecule has 5 aliphatic rings. The predicted molar refractivity (Wildman–Crippen MR) is 133 cm³/mol. The molecular formula is C28H32N4O5. The molecule has 3 aliphatic carbocycles. The van der Waals surface area contributed by atoms with Crippen LogP contribution in [0.25, 0.3) is 0 Å². The van der Waals surface area contributed by atoms with Crippen molar-refractivity contribution in [2.75, 3.05) is 19.6 Å². The van der Waals surface area contributed by atoms with E-state index in [1.165, 1.54) is 25.2 Å². The largest absolute Gasteiger partial charge is 0.504 e. The van der Waals surface area contributed by atoms with E-state index in [1.807, 2.05) is 6.07 Å². The fourth-order valence-corrected chi connectivity index (χ4v) is 7.65. The van der Waals surface area contributed by atoms with Crippen LogP contribution in [0.4, 0.5) is 0 Å². The number of aliphatic hydroxyl groups is 1. The van der Waals surface area contributed by atoms with Crippen LogP contribution in [-0.4, -0.2) is 75.3 Å². The van der Waals surface area contributed by atoms with Gasteiger partial charge in [-0.3, -0.25) is 19.5 Å². The molecule has 9 heteroatoms. The maximum absolute atomic E-state index is 13.0. The molecule has 9 nitrogen and oxygen atoms in total. The standard InChI is InChI=1S/C28H32N4O5/c33-20-4-3-18-13-21-28(36)8-5-19(31-22(34)14-30-26(35)17-6-10-29-11-7-17)25-27(28,23(18)24(20)37-25)9-12-32(21)15-16-1-2-16/h3-4,6-7,10-11,16,19,21,25,33,36H,1-2,5,8-9,12-15H2,(H,30,35)(H,31,34)/t19-,21-,25+,27+,28-/m1/s1. The van der Waals surface area contributed by atoms with E-state index in [-0.39, 0.29) is 36.2 Å². The number of amides is 2. The van der Waals surface area contributed by atoms with Gasteiger partial charge in [0, 0.05) is 36.1 Å². The van der Waals surface area contributed by atoms with Crippen LogP contribution >= 0.6 is 0 Å². The van der Waals surface area contributed by atoms with Crippen molar-refractivity contribution in [2.24, 2.45) is 5.92 Å². The normalized spacial score (nSPS) is 33.3. The molecule has 1 spiro atoms. The topological polar surface area (TPSA) is 124 Å². The van der Waals surface area contributed by atoms with Gasteiger partial charge >= 0.3 is 0 Å². The number of benzene rings is 1. The first kappa shape index (κ1) is 23.0. The highest BCUT2D eigenvalue weighted by Gasteiger charge is 2.73. The molecule has 3 heterocycles. The molecule has 1 aromatic carbocycles. The zero-order valence-electron chi connectivity index (χ0n) is 20.7. The first-order valence-electron chi connectivity index (χ1n) is 13.4. The van der Waals surface area contributed by atoms with Crippen LogP contribution in [0.5, 0.6) is 11.5 Å². The fraction of sp³-hybridized carbons (Fsp3) is 0.536. The summed E-state index contributed by atoms with van der Waals surface area (Å²) in [5.41, 5.74) is 0.825. The van der Waals surface area contributed by atoms with Crippen LogP contribution in [0.1, 0.15) is 53.6 Å². The third-order valence-corrected chi connectivity index (χ3v) is 9.46. The zero-order valence-corrected chi connectivity index (χ0v) is 20.7. The van der Waals surface area contributed by atoms with Crippen LogP contribution < -0.4 is 15.4 Å². The number of phenolic OH excluding ortho intramolecular Hbond substituents is 1. The molecule has 2 amide bonds. The number of hydrogen-bond acceptors (Lipinski definition) is 7. The van der Waals surface area contributed by atoms with Crippen molar-refractivity contribution >= 4 is 11.8 Å². The predicted octanol–water partition coefficient (Wildman–Crippen LogP) is 1.27. The molecule has 2 aliphatic heterocycles. The maximum atomic E-state index is 13.0. The van der Waals surface area contributed by atoms with E-state index >= 15 is 0 Å². The number of nitrogens with zero attached hydrogens (tertiary/aromatic N) is 2. The second-order valence-corrected chi connectivity index (χ2v) is 11.4. The van der Waals surface area contributed by atoms with Gasteiger partial charge in [-0.05, 0) is 74.8 Å². The molecule has 0 radical (unpaired) electrons. The molecule has 1 aromatic heterocycles. The van der Waals surface area contributed by atoms with Gasteiger partial charge in [0.1, 0.15) is 6.10 Å². The minimum Gasteiger partial charge on any atom is -0.504 e. The smallest absolute Gasteiger partial charge is 0.251 e. The summed E-state index contributed by atoms with van der Waals surface area (Å²) in [5.74, 6) is 0.617. The van der Waals surface area contributed by atoms with E-state index in [1.54, 1.807) is 18.2 Å². The fourth-order valence-electron chi connectivity index (χ4n) is 7.65. The first-order chi connectivity index (χ1) is 17.9. The van der Waals surface area contributed by atoms with Crippen molar-refractivity contribution in [3.63, 3.8) is 0 Å². The minimum atomic E-state index is -0.992. The Morgan fingerprint density at radius 2 is 1.95 bits per heavy atom. The van der Waals surface area contributed by atoms with Gasteiger partial charge < -0.3 is 25.6 Å². The summed E-state index contributed by atoms with van der Waals surface area (Å²) in [4.78, 5) is 31.7. The van der Waals surface area contributed by atoms with Crippen molar-refractivity contribution in [3.8, 4) is 11.5 Å². The lowest BCUT2D eigenvalue weighted by molar-refractivity contribution is -0.192. The van der Waals surface area contributed by atoms with E-state index < -0.39 is 17.1 Å². The molecule has 2 saturated carbocycles. The lowest BCUT2D eigenvalue weighted by Gasteiger charge is -2.64. The third kappa shape index (κ3) is 3.33. The van der Waals surface area contributed by atoms with Gasteiger partial charge in [-0.2, -0.15) is 0 Å². The summed E-state index contributed by atoms with van der Waals surface area (Å²) in [6, 6.07) is 6.50. The molecule has 2 bridgehead atoms. The monoisotopic (exact) mass is 504 g/mol. The summed E-state index contributed by atoms with van der Waals surface area (Å²) in [7, 11) is 0. The number of aromatic nitrogens is 1. The number of nitrogens with one attached hydrogen (secondary N) is 2. The van der Waals surface area contributed by atoms with Crippen molar-refractivity contribution in [3.05, 3.63) is 53.3 Å². The van der Waals surface area contributed by atoms with E-state index in [4.69, 9.17) is 4.74 Å². The van der Waals surface area contributed by atoms with Gasteiger partial charge in [0.25, 0.3) is 5.91 Å². The van der Waals surface area contributed by atoms with Gasteiger partial charge in [-0.25, -0.2) is 0 Å². The third-order valence-electron chi connectivity index (χ3n) is 9.46. The van der Waals surface area contributed by atoms with Crippen molar-refractivity contribution in [2.45, 2.75) is 67.7 Å². The number of likely N-dealkylation sites (tertiary alicyclic amines) is 1. The average Bonchev–Trinajstić information content (AvgIpc) is 3.64. The molecule has 7 rings (SSSR count). The van der Waals surface area contributed by atoms with Crippen molar-refractivity contribution in [1.82, 2.24) is 20.5 Å². The maximum Gasteiger partial charge on any atom is 0.251 e. The highest BCUT2D eigenvalue weighted by Crippen LogP contribution is 2.65. The number of carbonyl (C=O) groups is 2. The number of rotatable bonds is 6. The summed E-state index contributed by atoms with van der Waals surface area (Å²) in [6.45, 7) is 1.72. The van der Waals surface area contributed by atoms with Crippen LogP contribution in [0.3, 0.4) is 0 Å². The quantitative estimate of drug-likeness (QED) is 0.467. The number of carbonyl (C=O) groups excluding carboxylic acids is 2. The number of piperidine rings is 1. The summed E-state index contributed by atoms with van der Waals surface area (Å²) >= 11 is 0. The molecular weight excluding hydrogens is 472 g/mol. The summed E-state index contributed by atoms with van der Waals surface area (Å²) in [5, 5.41) is 29.0. The number of phenols is 1. The van der Waals surface area contributed by atoms with Gasteiger partial charge in [0.15, 0.2) is 11.5 Å². The van der Waals surface area contributed by atoms with Gasteiger partial charge in [0.2, 0.25) is 5.91 Å². The highest BCUT2D eigenvalue weighted by molar-refractivity contribution is 5.96. The number of ether oxygens (including phenoxy) is 1. The number of pyridine rings is 1. The molecule has 2 aromatic rings. The Morgan fingerprint density at radius 3 is 2.73 bits per heavy atom. The molecule has 3 fully saturated rings. The van der Waals surface area contributed by atoms with Gasteiger partial charge in [-0.15, -0.1) is 0 Å². The first-order valence-corrected chi connectivity index (χ1v) is 13.4. The lowest BCUT2D eigenvalue weighted by Crippen LogP contribution is -2.78. The Hall–Kier alpha value is -3.17. The van der Waals surface area contributed by atoms with Crippen molar-refractivity contribution in [1.29, 1.82) is 0 Å². The molecule has 0 unspecified atom stereocenters. The minimum absolute atomic E-state index is 0.00718. The van der Waals surface area contributed by atoms with E-state index in [9.17, 15) is 19.8 Å². The Morgan fingerprint density at radius 1 is 1.14 bits per heavy atom. The molecule has 194 valence electrons. The Balaban J connectivity index is 1.16. The summed E-state index contributed by atoms with van der Waals surface area (Å²) < 4.78 is 6.47. The molecule has 37 heavy (non-hydrogen) atoms. The van der Waals surface area contributed by atoms with Crippen molar-refractivity contribution < 1.29 is 24.5 Å². The second-order valence-electron chi connectivity index (χ2n) is 11.4. The Labute approximate surface area is 215 Å². The SMILES string of the molecule is O=C(CNC(=O)c1ccncc1)N[C@@H]1CC[C@@]2(O)[C@H]3Cc4ccc(O)c5c4[C@@]2(CCN3CC2CC2)[C@H]1O5. The molecule has 5 atom stereocenters. The van der Waals surface area contributed by atoms with E-state index in [0.29, 0.717) is 30.6 Å². The van der Waals surface area contributed by atoms with E-state index in [0.717, 1.165) is 36.6 Å². The zero-order chi connectivity index (χ0) is 25.4. The Bertz CT molecular complexity index is 1270. The van der Waals surface area contributed by atoms with E-state index in [2.05, 4.69) is 20.5 Å². The van der Waals surface area contributed by atoms with Crippen LogP contribution in [0, 0.1) is 5.92 Å². The number of hydrogen-bond donors (Lipinski definition) is 4. The highest BCUT2D eigenvalue weighted by atomic mass is 16.5. The van der Waals surface area contributed by atoms with Crippen LogP contribution in [-0.2, 0) is 16.6 Å². The Kier molecular flexibility index (Phi) is 5.07. The average molecular weight is 505 g/mol. The molecule has 4 N–H and O–H groups in total. The summed E-state index contributed by atoms with van der Waals surface area (Å²) in [6.07, 6.45) is 7.66. The molecule has 1 saturated heterocycles. The van der Waals surface area contributed by atoms with Gasteiger partial charge in [-0.1, -0.05) is 6.07 Å². The second kappa shape index (κ2) is 8.16.